The Labute approximate surface area is 96.1 Å². The second-order valence-corrected chi connectivity index (χ2v) is 5.13. The molecule has 0 aromatic heterocycles. The fourth-order valence-corrected chi connectivity index (χ4v) is 2.27. The van der Waals surface area contributed by atoms with Gasteiger partial charge in [-0.25, -0.2) is 0 Å². The minimum Gasteiger partial charge on any atom is -0.354 e. The van der Waals surface area contributed by atoms with Crippen LogP contribution in [0.5, 0.6) is 0 Å². The third-order valence-electron chi connectivity index (χ3n) is 2.64. The van der Waals surface area contributed by atoms with Crippen molar-refractivity contribution >= 4 is 17.7 Å². The van der Waals surface area contributed by atoms with Crippen LogP contribution < -0.4 is 10.6 Å². The summed E-state index contributed by atoms with van der Waals surface area (Å²) in [5.41, 5.74) is -0.330. The van der Waals surface area contributed by atoms with Gasteiger partial charge in [0.25, 0.3) is 0 Å². The van der Waals surface area contributed by atoms with Gasteiger partial charge in [-0.15, -0.1) is 6.58 Å². The van der Waals surface area contributed by atoms with Gasteiger partial charge >= 0.3 is 0 Å². The predicted octanol–water partition coefficient (Wildman–Crippen LogP) is 1.16. The Morgan fingerprint density at radius 1 is 1.73 bits per heavy atom. The van der Waals surface area contributed by atoms with E-state index < -0.39 is 0 Å². The highest BCUT2D eigenvalue weighted by Gasteiger charge is 2.35. The maximum Gasteiger partial charge on any atom is 0.240 e. The third kappa shape index (κ3) is 3.87. The molecular formula is C11H20N2OS. The van der Waals surface area contributed by atoms with Crippen LogP contribution in [0.2, 0.25) is 0 Å². The highest BCUT2D eigenvalue weighted by molar-refractivity contribution is 7.99. The standard InChI is InChI=1S/C11H20N2OS/c1-3-8-15-9-7-12-10(14)11(2)5-4-6-13-11/h3,13H,1,4-9H2,2H3,(H,12,14). The van der Waals surface area contributed by atoms with E-state index in [0.29, 0.717) is 0 Å². The smallest absolute Gasteiger partial charge is 0.240 e. The fraction of sp³-hybridized carbons (Fsp3) is 0.727. The molecule has 1 heterocycles. The van der Waals surface area contributed by atoms with E-state index in [9.17, 15) is 4.79 Å². The van der Waals surface area contributed by atoms with E-state index in [1.54, 1.807) is 11.8 Å². The number of amides is 1. The van der Waals surface area contributed by atoms with E-state index in [0.717, 1.165) is 37.4 Å². The molecule has 0 radical (unpaired) electrons. The lowest BCUT2D eigenvalue weighted by molar-refractivity contribution is -0.126. The quantitative estimate of drug-likeness (QED) is 0.529. The first-order chi connectivity index (χ1) is 7.19. The highest BCUT2D eigenvalue weighted by Crippen LogP contribution is 2.18. The number of carbonyl (C=O) groups excluding carboxylic acids is 1. The second kappa shape index (κ2) is 6.18. The molecule has 0 aromatic carbocycles. The number of nitrogens with one attached hydrogen (secondary N) is 2. The first kappa shape index (κ1) is 12.6. The van der Waals surface area contributed by atoms with Crippen molar-refractivity contribution in [2.45, 2.75) is 25.3 Å². The van der Waals surface area contributed by atoms with Crippen LogP contribution >= 0.6 is 11.8 Å². The first-order valence-corrected chi connectivity index (χ1v) is 6.56. The maximum atomic E-state index is 11.8. The van der Waals surface area contributed by atoms with E-state index in [1.165, 1.54) is 0 Å². The van der Waals surface area contributed by atoms with Crippen LogP contribution in [0.15, 0.2) is 12.7 Å². The SMILES string of the molecule is C=CCSCCNC(=O)C1(C)CCCN1. The van der Waals surface area contributed by atoms with Crippen molar-refractivity contribution < 1.29 is 4.79 Å². The minimum atomic E-state index is -0.330. The molecule has 3 nitrogen and oxygen atoms in total. The van der Waals surface area contributed by atoms with Crippen molar-refractivity contribution in [1.82, 2.24) is 10.6 Å². The topological polar surface area (TPSA) is 41.1 Å². The van der Waals surface area contributed by atoms with Gasteiger partial charge in [0.05, 0.1) is 5.54 Å². The van der Waals surface area contributed by atoms with Crippen LogP contribution in [-0.2, 0) is 4.79 Å². The van der Waals surface area contributed by atoms with E-state index in [2.05, 4.69) is 17.2 Å². The lowest BCUT2D eigenvalue weighted by atomic mass is 9.99. The van der Waals surface area contributed by atoms with Crippen molar-refractivity contribution in [3.8, 4) is 0 Å². The Bertz CT molecular complexity index is 225. The molecule has 0 aromatic rings. The molecule has 1 rings (SSSR count). The van der Waals surface area contributed by atoms with Gasteiger partial charge in [-0.05, 0) is 26.3 Å². The molecule has 1 amide bonds. The third-order valence-corrected chi connectivity index (χ3v) is 3.60. The van der Waals surface area contributed by atoms with Gasteiger partial charge < -0.3 is 10.6 Å². The zero-order chi connectivity index (χ0) is 11.1. The molecule has 15 heavy (non-hydrogen) atoms. The lowest BCUT2D eigenvalue weighted by Crippen LogP contribution is -2.51. The molecule has 1 unspecified atom stereocenters. The summed E-state index contributed by atoms with van der Waals surface area (Å²) in [6.45, 7) is 7.33. The Morgan fingerprint density at radius 3 is 3.13 bits per heavy atom. The molecule has 4 heteroatoms. The van der Waals surface area contributed by atoms with Crippen LogP contribution in [-0.4, -0.2) is 36.0 Å². The van der Waals surface area contributed by atoms with Gasteiger partial charge in [0, 0.05) is 18.1 Å². The summed E-state index contributed by atoms with van der Waals surface area (Å²) in [6.07, 6.45) is 3.92. The van der Waals surface area contributed by atoms with Gasteiger partial charge in [0.2, 0.25) is 5.91 Å². The van der Waals surface area contributed by atoms with Crippen LogP contribution in [0.4, 0.5) is 0 Å². The average Bonchev–Trinajstić information content (AvgIpc) is 2.66. The monoisotopic (exact) mass is 228 g/mol. The Kier molecular flexibility index (Phi) is 5.19. The van der Waals surface area contributed by atoms with E-state index in [1.807, 2.05) is 13.0 Å². The van der Waals surface area contributed by atoms with Gasteiger partial charge in [0.15, 0.2) is 0 Å². The molecule has 0 bridgehead atoms. The van der Waals surface area contributed by atoms with Crippen molar-refractivity contribution in [2.75, 3.05) is 24.6 Å². The van der Waals surface area contributed by atoms with Crippen LogP contribution in [0, 0.1) is 0 Å². The van der Waals surface area contributed by atoms with Gasteiger partial charge in [-0.1, -0.05) is 6.08 Å². The zero-order valence-corrected chi connectivity index (χ0v) is 10.2. The Balaban J connectivity index is 2.15. The summed E-state index contributed by atoms with van der Waals surface area (Å²) < 4.78 is 0. The van der Waals surface area contributed by atoms with Crippen LogP contribution in [0.1, 0.15) is 19.8 Å². The highest BCUT2D eigenvalue weighted by atomic mass is 32.2. The predicted molar refractivity (Wildman–Crippen MR) is 66.2 cm³/mol. The lowest BCUT2D eigenvalue weighted by Gasteiger charge is -2.22. The number of rotatable bonds is 6. The zero-order valence-electron chi connectivity index (χ0n) is 9.34. The molecule has 1 aliphatic heterocycles. The summed E-state index contributed by atoms with van der Waals surface area (Å²) in [5.74, 6) is 2.04. The van der Waals surface area contributed by atoms with Crippen molar-refractivity contribution in [2.24, 2.45) is 0 Å². The molecular weight excluding hydrogens is 208 g/mol. The van der Waals surface area contributed by atoms with Crippen molar-refractivity contribution in [1.29, 1.82) is 0 Å². The van der Waals surface area contributed by atoms with Crippen LogP contribution in [0.25, 0.3) is 0 Å². The van der Waals surface area contributed by atoms with Gasteiger partial charge in [0.1, 0.15) is 0 Å². The molecule has 1 saturated heterocycles. The second-order valence-electron chi connectivity index (χ2n) is 3.98. The van der Waals surface area contributed by atoms with Crippen molar-refractivity contribution in [3.63, 3.8) is 0 Å². The number of hydrogen-bond acceptors (Lipinski definition) is 3. The summed E-state index contributed by atoms with van der Waals surface area (Å²) in [6, 6.07) is 0. The molecule has 2 N–H and O–H groups in total. The maximum absolute atomic E-state index is 11.8. The largest absolute Gasteiger partial charge is 0.354 e. The first-order valence-electron chi connectivity index (χ1n) is 5.41. The minimum absolute atomic E-state index is 0.138. The molecule has 1 aliphatic rings. The fourth-order valence-electron chi connectivity index (χ4n) is 1.69. The molecule has 1 atom stereocenters. The van der Waals surface area contributed by atoms with Crippen LogP contribution in [0.3, 0.4) is 0 Å². The Morgan fingerprint density at radius 2 is 2.53 bits per heavy atom. The molecule has 0 aliphatic carbocycles. The molecule has 0 spiro atoms. The molecule has 1 fully saturated rings. The van der Waals surface area contributed by atoms with Gasteiger partial charge in [-0.3, -0.25) is 4.79 Å². The number of thioether (sulfide) groups is 1. The Hall–Kier alpha value is -0.480. The summed E-state index contributed by atoms with van der Waals surface area (Å²) in [5, 5.41) is 6.22. The molecule has 86 valence electrons. The number of carbonyl (C=O) groups is 1. The van der Waals surface area contributed by atoms with Gasteiger partial charge in [-0.2, -0.15) is 11.8 Å². The van der Waals surface area contributed by atoms with E-state index in [-0.39, 0.29) is 11.4 Å². The summed E-state index contributed by atoms with van der Waals surface area (Å²) in [4.78, 5) is 11.8. The summed E-state index contributed by atoms with van der Waals surface area (Å²) in [7, 11) is 0. The normalized spacial score (nSPS) is 25.1. The van der Waals surface area contributed by atoms with E-state index >= 15 is 0 Å². The summed E-state index contributed by atoms with van der Waals surface area (Å²) >= 11 is 1.78. The average molecular weight is 228 g/mol. The molecule has 0 saturated carbocycles. The van der Waals surface area contributed by atoms with E-state index in [4.69, 9.17) is 0 Å². The number of hydrogen-bond donors (Lipinski definition) is 2. The van der Waals surface area contributed by atoms with Crippen molar-refractivity contribution in [3.05, 3.63) is 12.7 Å².